The molecule has 0 bridgehead atoms. The number of hydrogen-bond donors (Lipinski definition) is 0. The number of thiophene rings is 1. The van der Waals surface area contributed by atoms with Crippen LogP contribution in [0.5, 0.6) is 0 Å². The number of nitrogens with zero attached hydrogens (tertiary/aromatic N) is 4. The van der Waals surface area contributed by atoms with Crippen LogP contribution in [0.3, 0.4) is 0 Å². The van der Waals surface area contributed by atoms with Gasteiger partial charge in [0.1, 0.15) is 0 Å². The van der Waals surface area contributed by atoms with E-state index in [1.807, 2.05) is 0 Å². The topological polar surface area (TPSA) is 43.6 Å². The fraction of sp³-hybridized carbons (Fsp3) is 0.375. The summed E-state index contributed by atoms with van der Waals surface area (Å²) in [6.07, 6.45) is 0. The molecule has 0 spiro atoms. The molecular weight excluding hydrogens is 220 g/mol. The monoisotopic (exact) mass is 228 g/mol. The quantitative estimate of drug-likeness (QED) is 0.753. The molecule has 0 atom stereocenters. The lowest BCUT2D eigenvalue weighted by molar-refractivity contribution is 0.635. The Bertz CT molecular complexity index is 422. The predicted molar refractivity (Wildman–Crippen MR) is 55.5 cm³/mol. The molecule has 2 rings (SSSR count). The third kappa shape index (κ3) is 1.78. The minimum Gasteiger partial charge on any atom is -0.223 e. The van der Waals surface area contributed by atoms with Gasteiger partial charge in [-0.25, -0.2) is 4.68 Å². The second-order valence-electron chi connectivity index (χ2n) is 2.91. The van der Waals surface area contributed by atoms with E-state index >= 15 is 0 Å². The Kier molecular flexibility index (Phi) is 2.79. The van der Waals surface area contributed by atoms with Crippen LogP contribution in [0.15, 0.2) is 11.4 Å². The molecular formula is C8H9ClN4S. The van der Waals surface area contributed by atoms with Crippen LogP contribution >= 0.6 is 22.9 Å². The summed E-state index contributed by atoms with van der Waals surface area (Å²) >= 11 is 7.40. The number of rotatable bonds is 3. The highest BCUT2D eigenvalue weighted by molar-refractivity contribution is 7.10. The van der Waals surface area contributed by atoms with Crippen molar-refractivity contribution in [3.8, 4) is 0 Å². The molecule has 0 saturated heterocycles. The summed E-state index contributed by atoms with van der Waals surface area (Å²) in [5.74, 6) is 1.05. The molecule has 0 unspecified atom stereocenters. The zero-order valence-electron chi connectivity index (χ0n) is 7.64. The van der Waals surface area contributed by atoms with Gasteiger partial charge < -0.3 is 0 Å². The summed E-state index contributed by atoms with van der Waals surface area (Å²) < 4.78 is 1.73. The Morgan fingerprint density at radius 3 is 3.07 bits per heavy atom. The van der Waals surface area contributed by atoms with Crippen LogP contribution in [0.2, 0.25) is 0 Å². The third-order valence-electron chi connectivity index (χ3n) is 1.99. The highest BCUT2D eigenvalue weighted by Crippen LogP contribution is 2.16. The number of aromatic nitrogens is 4. The van der Waals surface area contributed by atoms with Crippen molar-refractivity contribution in [2.45, 2.75) is 19.3 Å². The number of hydrogen-bond acceptors (Lipinski definition) is 4. The molecule has 14 heavy (non-hydrogen) atoms. The van der Waals surface area contributed by atoms with E-state index in [-0.39, 0.29) is 0 Å². The molecule has 2 heterocycles. The van der Waals surface area contributed by atoms with E-state index in [0.29, 0.717) is 18.2 Å². The van der Waals surface area contributed by atoms with E-state index in [1.165, 1.54) is 10.4 Å². The van der Waals surface area contributed by atoms with Crippen molar-refractivity contribution in [2.75, 3.05) is 0 Å². The standard InChI is InChI=1S/C8H9ClN4S/c1-6-2-3-14-7(6)5-13-8(4-9)10-11-12-13/h2-3H,4-5H2,1H3. The van der Waals surface area contributed by atoms with Gasteiger partial charge in [0.2, 0.25) is 0 Å². The lowest BCUT2D eigenvalue weighted by atomic mass is 10.3. The predicted octanol–water partition coefficient (Wildman–Crippen LogP) is 1.83. The first-order valence-electron chi connectivity index (χ1n) is 4.15. The van der Waals surface area contributed by atoms with Crippen LogP contribution in [0.1, 0.15) is 16.3 Å². The Morgan fingerprint density at radius 1 is 1.57 bits per heavy atom. The molecule has 0 saturated carbocycles. The van der Waals surface area contributed by atoms with Gasteiger partial charge >= 0.3 is 0 Å². The highest BCUT2D eigenvalue weighted by atomic mass is 35.5. The summed E-state index contributed by atoms with van der Waals surface area (Å²) in [5.41, 5.74) is 1.27. The molecule has 0 radical (unpaired) electrons. The van der Waals surface area contributed by atoms with Gasteiger partial charge in [-0.2, -0.15) is 0 Å². The first kappa shape index (κ1) is 9.61. The Morgan fingerprint density at radius 2 is 2.43 bits per heavy atom. The highest BCUT2D eigenvalue weighted by Gasteiger charge is 2.07. The average molecular weight is 229 g/mol. The van der Waals surface area contributed by atoms with Crippen molar-refractivity contribution in [1.29, 1.82) is 0 Å². The molecule has 6 heteroatoms. The van der Waals surface area contributed by atoms with Crippen LogP contribution in [0.4, 0.5) is 0 Å². The molecule has 2 aromatic rings. The number of aryl methyl sites for hydroxylation is 1. The van der Waals surface area contributed by atoms with E-state index in [0.717, 1.165) is 0 Å². The Balaban J connectivity index is 2.22. The maximum atomic E-state index is 5.69. The summed E-state index contributed by atoms with van der Waals surface area (Å²) in [5, 5.41) is 13.4. The van der Waals surface area contributed by atoms with Crippen LogP contribution < -0.4 is 0 Å². The summed E-state index contributed by atoms with van der Waals surface area (Å²) in [6.45, 7) is 2.79. The van der Waals surface area contributed by atoms with E-state index in [9.17, 15) is 0 Å². The van der Waals surface area contributed by atoms with Gasteiger partial charge in [0.05, 0.1) is 12.4 Å². The van der Waals surface area contributed by atoms with Crippen LogP contribution in [-0.4, -0.2) is 20.2 Å². The lowest BCUT2D eigenvalue weighted by Gasteiger charge is -2.00. The lowest BCUT2D eigenvalue weighted by Crippen LogP contribution is -2.05. The van der Waals surface area contributed by atoms with Gasteiger partial charge in [0.15, 0.2) is 5.82 Å². The molecule has 0 aliphatic carbocycles. The minimum absolute atomic E-state index is 0.345. The zero-order chi connectivity index (χ0) is 9.97. The van der Waals surface area contributed by atoms with Crippen molar-refractivity contribution < 1.29 is 0 Å². The van der Waals surface area contributed by atoms with Crippen molar-refractivity contribution >= 4 is 22.9 Å². The van der Waals surface area contributed by atoms with Crippen molar-refractivity contribution in [1.82, 2.24) is 20.2 Å². The molecule has 0 amide bonds. The maximum Gasteiger partial charge on any atom is 0.166 e. The molecule has 0 N–H and O–H groups in total. The van der Waals surface area contributed by atoms with Crippen molar-refractivity contribution in [3.63, 3.8) is 0 Å². The fourth-order valence-electron chi connectivity index (χ4n) is 1.14. The summed E-state index contributed by atoms with van der Waals surface area (Å²) in [6, 6.07) is 2.09. The second-order valence-corrected chi connectivity index (χ2v) is 4.18. The van der Waals surface area contributed by atoms with Crippen molar-refractivity contribution in [2.24, 2.45) is 0 Å². The largest absolute Gasteiger partial charge is 0.223 e. The van der Waals surface area contributed by atoms with Crippen LogP contribution in [-0.2, 0) is 12.4 Å². The second kappa shape index (κ2) is 4.06. The molecule has 0 aromatic carbocycles. The number of alkyl halides is 1. The van der Waals surface area contributed by atoms with E-state index < -0.39 is 0 Å². The normalized spacial score (nSPS) is 10.7. The van der Waals surface area contributed by atoms with Gasteiger partial charge in [-0.05, 0) is 34.4 Å². The van der Waals surface area contributed by atoms with Crippen LogP contribution in [0, 0.1) is 6.92 Å². The third-order valence-corrected chi connectivity index (χ3v) is 3.23. The molecule has 0 fully saturated rings. The summed E-state index contributed by atoms with van der Waals surface area (Å²) in [4.78, 5) is 1.27. The molecule has 2 aromatic heterocycles. The Hall–Kier alpha value is -0.940. The van der Waals surface area contributed by atoms with Gasteiger partial charge in [0, 0.05) is 4.88 Å². The first-order chi connectivity index (χ1) is 6.81. The van der Waals surface area contributed by atoms with E-state index in [1.54, 1.807) is 16.0 Å². The minimum atomic E-state index is 0.345. The zero-order valence-corrected chi connectivity index (χ0v) is 9.22. The first-order valence-corrected chi connectivity index (χ1v) is 5.56. The van der Waals surface area contributed by atoms with E-state index in [2.05, 4.69) is 33.9 Å². The van der Waals surface area contributed by atoms with Crippen molar-refractivity contribution in [3.05, 3.63) is 27.7 Å². The smallest absolute Gasteiger partial charge is 0.166 e. The van der Waals surface area contributed by atoms with Gasteiger partial charge in [-0.15, -0.1) is 28.0 Å². The molecule has 4 nitrogen and oxygen atoms in total. The Labute approximate surface area is 90.5 Å². The number of halogens is 1. The van der Waals surface area contributed by atoms with Gasteiger partial charge in [0.25, 0.3) is 0 Å². The van der Waals surface area contributed by atoms with Crippen LogP contribution in [0.25, 0.3) is 0 Å². The molecule has 0 aliphatic heterocycles. The van der Waals surface area contributed by atoms with Gasteiger partial charge in [-0.1, -0.05) is 0 Å². The summed E-state index contributed by atoms with van der Waals surface area (Å²) in [7, 11) is 0. The molecule has 74 valence electrons. The molecule has 0 aliphatic rings. The SMILES string of the molecule is Cc1ccsc1Cn1nnnc1CCl. The van der Waals surface area contributed by atoms with E-state index in [4.69, 9.17) is 11.6 Å². The fourth-order valence-corrected chi connectivity index (χ4v) is 2.22. The average Bonchev–Trinajstić information content (AvgIpc) is 2.77. The maximum absolute atomic E-state index is 5.69. The van der Waals surface area contributed by atoms with Gasteiger partial charge in [-0.3, -0.25) is 0 Å². The number of tetrazole rings is 1.